The number of phenols is 1. The van der Waals surface area contributed by atoms with Crippen molar-refractivity contribution in [2.24, 2.45) is 0 Å². The Labute approximate surface area is 142 Å². The summed E-state index contributed by atoms with van der Waals surface area (Å²) >= 11 is 0. The molecule has 1 aliphatic heterocycles. The number of aliphatic hydroxyl groups is 1. The summed E-state index contributed by atoms with van der Waals surface area (Å²) in [6.45, 7) is 1.57. The molecular weight excluding hydrogens is 302 g/mol. The summed E-state index contributed by atoms with van der Waals surface area (Å²) in [5, 5.41) is 19.7. The molecule has 2 aromatic carbocycles. The number of aliphatic hydroxyl groups excluding tert-OH is 1. The van der Waals surface area contributed by atoms with E-state index in [0.29, 0.717) is 24.8 Å². The van der Waals surface area contributed by atoms with Crippen LogP contribution in [0.25, 0.3) is 11.1 Å². The minimum atomic E-state index is 0.0892. The Morgan fingerprint density at radius 3 is 2.92 bits per heavy atom. The fourth-order valence-electron chi connectivity index (χ4n) is 4.03. The smallest absolute Gasteiger partial charge is 0.165 e. The molecule has 0 saturated heterocycles. The molecule has 0 radical (unpaired) electrons. The van der Waals surface area contributed by atoms with Crippen molar-refractivity contribution in [1.29, 1.82) is 0 Å². The van der Waals surface area contributed by atoms with E-state index in [1.165, 1.54) is 16.7 Å². The zero-order chi connectivity index (χ0) is 16.7. The van der Waals surface area contributed by atoms with E-state index in [1.54, 1.807) is 0 Å². The maximum absolute atomic E-state index is 10.8. The molecule has 2 aliphatic rings. The van der Waals surface area contributed by atoms with Gasteiger partial charge < -0.3 is 14.9 Å². The lowest BCUT2D eigenvalue weighted by atomic mass is 9.77. The number of phenolic OH excluding ortho intramolecular Hbond substituents is 1. The van der Waals surface area contributed by atoms with Gasteiger partial charge in [0.05, 0.1) is 6.61 Å². The second kappa shape index (κ2) is 6.11. The number of likely N-dealkylation sites (N-methyl/N-ethyl adjacent to an activating group) is 1. The molecule has 0 amide bonds. The summed E-state index contributed by atoms with van der Waals surface area (Å²) in [4.78, 5) is 2.41. The SMILES string of the molecule is CN1CCc2cccc3c2[C@H]1Cc1ccc(OCCCO)c(O)c1-3. The summed E-state index contributed by atoms with van der Waals surface area (Å²) in [5.41, 5.74) is 5.98. The first-order valence-electron chi connectivity index (χ1n) is 8.61. The van der Waals surface area contributed by atoms with Crippen molar-refractivity contribution in [2.75, 3.05) is 26.8 Å². The van der Waals surface area contributed by atoms with E-state index in [4.69, 9.17) is 9.84 Å². The van der Waals surface area contributed by atoms with Gasteiger partial charge in [0.25, 0.3) is 0 Å². The third kappa shape index (κ3) is 2.38. The number of rotatable bonds is 4. The van der Waals surface area contributed by atoms with Crippen molar-refractivity contribution >= 4 is 0 Å². The molecule has 0 fully saturated rings. The topological polar surface area (TPSA) is 52.9 Å². The predicted octanol–water partition coefficient (Wildman–Crippen LogP) is 2.91. The highest BCUT2D eigenvalue weighted by atomic mass is 16.5. The highest BCUT2D eigenvalue weighted by molar-refractivity contribution is 5.82. The summed E-state index contributed by atoms with van der Waals surface area (Å²) < 4.78 is 5.66. The minimum Gasteiger partial charge on any atom is -0.504 e. The highest BCUT2D eigenvalue weighted by Crippen LogP contribution is 2.50. The molecule has 1 aliphatic carbocycles. The van der Waals surface area contributed by atoms with Gasteiger partial charge >= 0.3 is 0 Å². The van der Waals surface area contributed by atoms with Gasteiger partial charge in [-0.25, -0.2) is 0 Å². The highest BCUT2D eigenvalue weighted by Gasteiger charge is 2.34. The monoisotopic (exact) mass is 325 g/mol. The molecule has 2 N–H and O–H groups in total. The molecule has 4 nitrogen and oxygen atoms in total. The summed E-state index contributed by atoms with van der Waals surface area (Å²) in [6.07, 6.45) is 2.53. The summed E-state index contributed by atoms with van der Waals surface area (Å²) in [5.74, 6) is 0.730. The standard InChI is InChI=1S/C20H23NO3/c1-21-9-8-13-4-2-5-15-18(13)16(21)12-14-6-7-17(20(23)19(14)15)24-11-3-10-22/h2,4-7,16,22-23H,3,8-12H2,1H3/t16-/m1/s1. The van der Waals surface area contributed by atoms with Crippen molar-refractivity contribution in [1.82, 2.24) is 4.90 Å². The number of benzene rings is 2. The van der Waals surface area contributed by atoms with Gasteiger partial charge in [0.1, 0.15) is 0 Å². The maximum Gasteiger partial charge on any atom is 0.165 e. The molecule has 4 rings (SSSR count). The second-order valence-electron chi connectivity index (χ2n) is 6.70. The van der Waals surface area contributed by atoms with Crippen LogP contribution in [0.5, 0.6) is 11.5 Å². The van der Waals surface area contributed by atoms with Crippen LogP contribution in [-0.4, -0.2) is 41.9 Å². The van der Waals surface area contributed by atoms with E-state index in [2.05, 4.69) is 36.2 Å². The Balaban J connectivity index is 1.82. The van der Waals surface area contributed by atoms with Gasteiger partial charge in [0, 0.05) is 31.2 Å². The molecule has 0 spiro atoms. The minimum absolute atomic E-state index is 0.0892. The lowest BCUT2D eigenvalue weighted by Gasteiger charge is -2.40. The third-order valence-electron chi connectivity index (χ3n) is 5.27. The van der Waals surface area contributed by atoms with Gasteiger partial charge in [0.15, 0.2) is 11.5 Å². The van der Waals surface area contributed by atoms with Crippen LogP contribution in [0.2, 0.25) is 0 Å². The van der Waals surface area contributed by atoms with E-state index in [0.717, 1.165) is 30.5 Å². The summed E-state index contributed by atoms with van der Waals surface area (Å²) in [7, 11) is 2.18. The van der Waals surface area contributed by atoms with E-state index in [-0.39, 0.29) is 12.4 Å². The van der Waals surface area contributed by atoms with Crippen LogP contribution in [-0.2, 0) is 12.8 Å². The maximum atomic E-state index is 10.8. The van der Waals surface area contributed by atoms with Gasteiger partial charge in [-0.15, -0.1) is 0 Å². The number of hydrogen-bond donors (Lipinski definition) is 2. The normalized spacial score (nSPS) is 18.8. The van der Waals surface area contributed by atoms with Crippen LogP contribution in [0.3, 0.4) is 0 Å². The Morgan fingerprint density at radius 1 is 1.21 bits per heavy atom. The molecule has 0 saturated carbocycles. The van der Waals surface area contributed by atoms with E-state index in [1.807, 2.05) is 6.07 Å². The van der Waals surface area contributed by atoms with Gasteiger partial charge in [-0.05, 0) is 48.2 Å². The molecule has 126 valence electrons. The second-order valence-corrected chi connectivity index (χ2v) is 6.70. The number of aromatic hydroxyl groups is 1. The third-order valence-corrected chi connectivity index (χ3v) is 5.27. The molecule has 0 aromatic heterocycles. The van der Waals surface area contributed by atoms with Crippen LogP contribution in [0.4, 0.5) is 0 Å². The Hall–Kier alpha value is -2.04. The molecular formula is C20H23NO3. The van der Waals surface area contributed by atoms with Crippen molar-refractivity contribution in [3.8, 4) is 22.6 Å². The quantitative estimate of drug-likeness (QED) is 0.849. The molecule has 1 heterocycles. The molecule has 2 aromatic rings. The Bertz CT molecular complexity index is 772. The van der Waals surface area contributed by atoms with Crippen LogP contribution < -0.4 is 4.74 Å². The molecule has 1 atom stereocenters. The average Bonchev–Trinajstić information content (AvgIpc) is 2.60. The largest absolute Gasteiger partial charge is 0.504 e. The molecule has 0 unspecified atom stereocenters. The van der Waals surface area contributed by atoms with Crippen molar-refractivity contribution < 1.29 is 14.9 Å². The zero-order valence-corrected chi connectivity index (χ0v) is 14.0. The first kappa shape index (κ1) is 15.5. The first-order valence-corrected chi connectivity index (χ1v) is 8.61. The molecule has 24 heavy (non-hydrogen) atoms. The van der Waals surface area contributed by atoms with Gasteiger partial charge in [0.2, 0.25) is 0 Å². The van der Waals surface area contributed by atoms with Crippen LogP contribution in [0.15, 0.2) is 30.3 Å². The lowest BCUT2D eigenvalue weighted by molar-refractivity contribution is 0.225. The van der Waals surface area contributed by atoms with E-state index < -0.39 is 0 Å². The van der Waals surface area contributed by atoms with Crippen molar-refractivity contribution in [2.45, 2.75) is 25.3 Å². The lowest BCUT2D eigenvalue weighted by Crippen LogP contribution is -2.35. The fourth-order valence-corrected chi connectivity index (χ4v) is 4.03. The average molecular weight is 325 g/mol. The predicted molar refractivity (Wildman–Crippen MR) is 93.5 cm³/mol. The van der Waals surface area contributed by atoms with Crippen LogP contribution in [0, 0.1) is 0 Å². The zero-order valence-electron chi connectivity index (χ0n) is 14.0. The number of nitrogens with zero attached hydrogens (tertiary/aromatic N) is 1. The Kier molecular flexibility index (Phi) is 3.94. The fraction of sp³-hybridized carbons (Fsp3) is 0.400. The van der Waals surface area contributed by atoms with E-state index >= 15 is 0 Å². The number of fused-ring (bicyclic) bond motifs is 2. The van der Waals surface area contributed by atoms with Crippen LogP contribution >= 0.6 is 0 Å². The molecule has 4 heteroatoms. The van der Waals surface area contributed by atoms with Gasteiger partial charge in [-0.2, -0.15) is 0 Å². The van der Waals surface area contributed by atoms with E-state index in [9.17, 15) is 5.11 Å². The number of hydrogen-bond acceptors (Lipinski definition) is 4. The molecule has 0 bridgehead atoms. The first-order chi connectivity index (χ1) is 11.7. The Morgan fingerprint density at radius 2 is 2.08 bits per heavy atom. The van der Waals surface area contributed by atoms with Crippen molar-refractivity contribution in [3.05, 3.63) is 47.0 Å². The number of ether oxygens (including phenoxy) is 1. The van der Waals surface area contributed by atoms with Crippen molar-refractivity contribution in [3.63, 3.8) is 0 Å². The van der Waals surface area contributed by atoms with Crippen LogP contribution in [0.1, 0.15) is 29.2 Å². The summed E-state index contributed by atoms with van der Waals surface area (Å²) in [6, 6.07) is 10.7. The van der Waals surface area contributed by atoms with Gasteiger partial charge in [-0.1, -0.05) is 24.3 Å². The van der Waals surface area contributed by atoms with Gasteiger partial charge in [-0.3, -0.25) is 4.90 Å².